The molecule has 124 valence electrons. The SMILES string of the molecule is CC1(S(=O)CC(=O)N2CCCC2)c2ccccc2-c2ccccc21. The van der Waals surface area contributed by atoms with Gasteiger partial charge in [-0.1, -0.05) is 48.5 Å². The van der Waals surface area contributed by atoms with E-state index in [1.165, 1.54) is 0 Å². The average Bonchev–Trinajstić information content (AvgIpc) is 3.23. The molecular weight excluding hydrogens is 318 g/mol. The molecule has 4 rings (SSSR count). The molecule has 1 aliphatic carbocycles. The number of carbonyl (C=O) groups excluding carboxylic acids is 1. The lowest BCUT2D eigenvalue weighted by molar-refractivity contribution is -0.127. The molecule has 2 aromatic rings. The number of nitrogens with zero attached hydrogens (tertiary/aromatic N) is 1. The first kappa shape index (κ1) is 15.6. The maximum atomic E-state index is 13.3. The minimum absolute atomic E-state index is 0.0221. The van der Waals surface area contributed by atoms with Gasteiger partial charge in [-0.2, -0.15) is 0 Å². The van der Waals surface area contributed by atoms with Gasteiger partial charge in [-0.05, 0) is 42.0 Å². The Labute approximate surface area is 145 Å². The van der Waals surface area contributed by atoms with Crippen LogP contribution >= 0.6 is 0 Å². The van der Waals surface area contributed by atoms with Crippen molar-refractivity contribution >= 4 is 16.7 Å². The molecule has 1 aliphatic heterocycles. The Balaban J connectivity index is 1.73. The lowest BCUT2D eigenvalue weighted by atomic mass is 9.98. The molecule has 0 aromatic heterocycles. The molecule has 2 aromatic carbocycles. The highest BCUT2D eigenvalue weighted by atomic mass is 32.2. The molecular formula is C20H21NO2S. The van der Waals surface area contributed by atoms with Crippen LogP contribution in [-0.4, -0.2) is 33.9 Å². The monoisotopic (exact) mass is 339 g/mol. The number of benzene rings is 2. The molecule has 2 aliphatic rings. The van der Waals surface area contributed by atoms with Gasteiger partial charge in [-0.25, -0.2) is 0 Å². The van der Waals surface area contributed by atoms with Crippen LogP contribution in [0.1, 0.15) is 30.9 Å². The summed E-state index contributed by atoms with van der Waals surface area (Å²) in [6, 6.07) is 16.3. The number of hydrogen-bond donors (Lipinski definition) is 0. The first-order valence-electron chi connectivity index (χ1n) is 8.48. The Kier molecular flexibility index (Phi) is 3.80. The van der Waals surface area contributed by atoms with E-state index in [1.807, 2.05) is 48.2 Å². The van der Waals surface area contributed by atoms with Crippen LogP contribution in [0.25, 0.3) is 11.1 Å². The molecule has 1 heterocycles. The van der Waals surface area contributed by atoms with Gasteiger partial charge < -0.3 is 4.90 Å². The minimum atomic E-state index is -1.30. The molecule has 1 atom stereocenters. The van der Waals surface area contributed by atoms with Gasteiger partial charge in [0.15, 0.2) is 0 Å². The Hall–Kier alpha value is -1.94. The van der Waals surface area contributed by atoms with Crippen molar-refractivity contribution in [3.63, 3.8) is 0 Å². The quantitative estimate of drug-likeness (QED) is 0.860. The molecule has 0 saturated carbocycles. The summed E-state index contributed by atoms with van der Waals surface area (Å²) in [5, 5.41) is 0. The zero-order chi connectivity index (χ0) is 16.7. The second kappa shape index (κ2) is 5.85. The minimum Gasteiger partial charge on any atom is -0.342 e. The van der Waals surface area contributed by atoms with Crippen molar-refractivity contribution in [2.24, 2.45) is 0 Å². The number of amides is 1. The highest BCUT2D eigenvalue weighted by Crippen LogP contribution is 2.50. The molecule has 24 heavy (non-hydrogen) atoms. The van der Waals surface area contributed by atoms with E-state index in [-0.39, 0.29) is 11.7 Å². The molecule has 0 N–H and O–H groups in total. The summed E-state index contributed by atoms with van der Waals surface area (Å²) in [5.74, 6) is 0.119. The van der Waals surface area contributed by atoms with Crippen molar-refractivity contribution in [3.8, 4) is 11.1 Å². The van der Waals surface area contributed by atoms with Gasteiger partial charge in [-0.3, -0.25) is 9.00 Å². The van der Waals surface area contributed by atoms with Crippen LogP contribution in [0, 0.1) is 0 Å². The number of rotatable bonds is 3. The summed E-state index contributed by atoms with van der Waals surface area (Å²) in [6.45, 7) is 3.63. The number of hydrogen-bond acceptors (Lipinski definition) is 2. The Morgan fingerprint density at radius 3 is 2.04 bits per heavy atom. The van der Waals surface area contributed by atoms with Crippen molar-refractivity contribution in [1.82, 2.24) is 4.90 Å². The van der Waals surface area contributed by atoms with Gasteiger partial charge in [0.2, 0.25) is 5.91 Å². The van der Waals surface area contributed by atoms with Gasteiger partial charge in [0, 0.05) is 23.9 Å². The fraction of sp³-hybridized carbons (Fsp3) is 0.350. The molecule has 3 nitrogen and oxygen atoms in total. The highest BCUT2D eigenvalue weighted by molar-refractivity contribution is 7.87. The van der Waals surface area contributed by atoms with Gasteiger partial charge in [-0.15, -0.1) is 0 Å². The van der Waals surface area contributed by atoms with Crippen LogP contribution in [0.5, 0.6) is 0 Å². The Bertz CT molecular complexity index is 778. The fourth-order valence-electron chi connectivity index (χ4n) is 3.97. The predicted molar refractivity (Wildman–Crippen MR) is 97.2 cm³/mol. The van der Waals surface area contributed by atoms with Crippen LogP contribution in [0.15, 0.2) is 48.5 Å². The van der Waals surface area contributed by atoms with E-state index in [9.17, 15) is 9.00 Å². The largest absolute Gasteiger partial charge is 0.342 e. The van der Waals surface area contributed by atoms with Crippen molar-refractivity contribution in [2.45, 2.75) is 24.5 Å². The summed E-state index contributed by atoms with van der Waals surface area (Å²) >= 11 is 0. The van der Waals surface area contributed by atoms with Gasteiger partial charge in [0.05, 0.1) is 4.75 Å². The van der Waals surface area contributed by atoms with E-state index < -0.39 is 15.5 Å². The normalized spacial score (nSPS) is 19.0. The fourth-order valence-corrected chi connectivity index (χ4v) is 5.51. The van der Waals surface area contributed by atoms with Gasteiger partial charge in [0.25, 0.3) is 0 Å². The van der Waals surface area contributed by atoms with E-state index in [0.717, 1.165) is 48.2 Å². The molecule has 1 unspecified atom stereocenters. The summed E-state index contributed by atoms with van der Waals surface area (Å²) < 4.78 is 12.7. The number of carbonyl (C=O) groups is 1. The van der Waals surface area contributed by atoms with E-state index in [0.29, 0.717) is 0 Å². The van der Waals surface area contributed by atoms with Crippen molar-refractivity contribution in [2.75, 3.05) is 18.8 Å². The summed E-state index contributed by atoms with van der Waals surface area (Å²) in [6.07, 6.45) is 2.11. The van der Waals surface area contributed by atoms with E-state index >= 15 is 0 Å². The van der Waals surface area contributed by atoms with Crippen LogP contribution < -0.4 is 0 Å². The highest BCUT2D eigenvalue weighted by Gasteiger charge is 2.44. The third kappa shape index (κ3) is 2.24. The second-order valence-corrected chi connectivity index (χ2v) is 8.50. The van der Waals surface area contributed by atoms with Crippen LogP contribution in [0.4, 0.5) is 0 Å². The topological polar surface area (TPSA) is 37.4 Å². The zero-order valence-electron chi connectivity index (χ0n) is 13.8. The third-order valence-corrected chi connectivity index (χ3v) is 7.20. The Morgan fingerprint density at radius 1 is 1.00 bits per heavy atom. The van der Waals surface area contributed by atoms with Crippen molar-refractivity contribution < 1.29 is 9.00 Å². The maximum Gasteiger partial charge on any atom is 0.235 e. The molecule has 4 heteroatoms. The van der Waals surface area contributed by atoms with E-state index in [2.05, 4.69) is 12.1 Å². The second-order valence-electron chi connectivity index (χ2n) is 6.70. The van der Waals surface area contributed by atoms with Crippen LogP contribution in [0.2, 0.25) is 0 Å². The maximum absolute atomic E-state index is 13.3. The standard InChI is InChI=1S/C20H21NO2S/c1-20(24(23)14-19(22)21-12-6-7-13-21)17-10-4-2-8-15(17)16-9-3-5-11-18(16)20/h2-5,8-11H,6-7,12-14H2,1H3. The molecule has 1 saturated heterocycles. The summed E-state index contributed by atoms with van der Waals surface area (Å²) in [4.78, 5) is 14.4. The first-order valence-corrected chi connectivity index (χ1v) is 9.80. The summed E-state index contributed by atoms with van der Waals surface area (Å²) in [5.41, 5.74) is 4.41. The number of likely N-dealkylation sites (tertiary alicyclic amines) is 1. The molecule has 1 fully saturated rings. The Morgan fingerprint density at radius 2 is 1.50 bits per heavy atom. The molecule has 1 amide bonds. The van der Waals surface area contributed by atoms with Crippen LogP contribution in [-0.2, 0) is 20.3 Å². The average molecular weight is 339 g/mol. The number of fused-ring (bicyclic) bond motifs is 3. The van der Waals surface area contributed by atoms with Crippen molar-refractivity contribution in [3.05, 3.63) is 59.7 Å². The van der Waals surface area contributed by atoms with Crippen LogP contribution in [0.3, 0.4) is 0 Å². The summed E-state index contributed by atoms with van der Waals surface area (Å²) in [7, 11) is -1.30. The lowest BCUT2D eigenvalue weighted by Crippen LogP contribution is -2.37. The molecule has 0 spiro atoms. The zero-order valence-corrected chi connectivity index (χ0v) is 14.6. The predicted octanol–water partition coefficient (Wildman–Crippen LogP) is 3.30. The molecule has 0 radical (unpaired) electrons. The molecule has 0 bridgehead atoms. The lowest BCUT2D eigenvalue weighted by Gasteiger charge is -2.27. The van der Waals surface area contributed by atoms with E-state index in [4.69, 9.17) is 0 Å². The van der Waals surface area contributed by atoms with Gasteiger partial charge >= 0.3 is 0 Å². The van der Waals surface area contributed by atoms with Crippen molar-refractivity contribution in [1.29, 1.82) is 0 Å². The van der Waals surface area contributed by atoms with E-state index in [1.54, 1.807) is 0 Å². The third-order valence-electron chi connectivity index (χ3n) is 5.34. The first-order chi connectivity index (χ1) is 11.6. The smallest absolute Gasteiger partial charge is 0.235 e. The van der Waals surface area contributed by atoms with Gasteiger partial charge in [0.1, 0.15) is 5.75 Å².